The second-order valence-corrected chi connectivity index (χ2v) is 3.51. The highest BCUT2D eigenvalue weighted by Crippen LogP contribution is 2.26. The van der Waals surface area contributed by atoms with E-state index in [1.165, 1.54) is 0 Å². The molecule has 0 aliphatic carbocycles. The van der Waals surface area contributed by atoms with Gasteiger partial charge in [0.2, 0.25) is 0 Å². The molecule has 0 N–H and O–H groups in total. The first-order chi connectivity index (χ1) is 5.77. The normalized spacial score (nSPS) is 23.3. The third kappa shape index (κ3) is 2.10. The number of ketones is 1. The van der Waals surface area contributed by atoms with Crippen LogP contribution in [0.1, 0.15) is 26.2 Å². The van der Waals surface area contributed by atoms with E-state index in [-0.39, 0.29) is 12.6 Å². The van der Waals surface area contributed by atoms with Gasteiger partial charge in [-0.3, -0.25) is 4.79 Å². The SMILES string of the molecule is CCC(=O)C1CCCB(C#N)C1. The predicted molar refractivity (Wildman–Crippen MR) is 49.0 cm³/mol. The van der Waals surface area contributed by atoms with Crippen LogP contribution in [0.2, 0.25) is 12.6 Å². The minimum atomic E-state index is 0.138. The zero-order valence-electron chi connectivity index (χ0n) is 7.55. The number of hydrogen-bond donors (Lipinski definition) is 0. The minimum absolute atomic E-state index is 0.138. The van der Waals surface area contributed by atoms with Gasteiger partial charge >= 0.3 is 0 Å². The highest BCUT2D eigenvalue weighted by Gasteiger charge is 2.28. The molecule has 0 aromatic heterocycles. The summed E-state index contributed by atoms with van der Waals surface area (Å²) in [4.78, 5) is 11.3. The molecule has 0 aromatic carbocycles. The molecule has 1 saturated heterocycles. The van der Waals surface area contributed by atoms with Crippen molar-refractivity contribution in [2.75, 3.05) is 0 Å². The van der Waals surface area contributed by atoms with Crippen molar-refractivity contribution in [3.8, 4) is 5.97 Å². The van der Waals surface area contributed by atoms with Crippen LogP contribution < -0.4 is 0 Å². The van der Waals surface area contributed by atoms with Crippen molar-refractivity contribution in [2.24, 2.45) is 5.92 Å². The highest BCUT2D eigenvalue weighted by atomic mass is 16.1. The summed E-state index contributed by atoms with van der Waals surface area (Å²) >= 11 is 0. The molecule has 0 bridgehead atoms. The van der Waals surface area contributed by atoms with Gasteiger partial charge in [-0.25, -0.2) is 5.26 Å². The number of carbonyl (C=O) groups excluding carboxylic acids is 1. The van der Waals surface area contributed by atoms with Gasteiger partial charge < -0.3 is 0 Å². The summed E-state index contributed by atoms with van der Waals surface area (Å²) in [5, 5.41) is 8.70. The molecule has 2 nitrogen and oxygen atoms in total. The first-order valence-corrected chi connectivity index (χ1v) is 4.70. The van der Waals surface area contributed by atoms with Gasteiger partial charge in [0.15, 0.2) is 0 Å². The molecule has 1 aliphatic heterocycles. The number of rotatable bonds is 2. The molecule has 0 radical (unpaired) electrons. The van der Waals surface area contributed by atoms with Crippen LogP contribution in [0.3, 0.4) is 0 Å². The molecule has 12 heavy (non-hydrogen) atoms. The van der Waals surface area contributed by atoms with Crippen LogP contribution >= 0.6 is 0 Å². The van der Waals surface area contributed by atoms with Gasteiger partial charge in [-0.15, -0.1) is 0 Å². The number of hydrogen-bond acceptors (Lipinski definition) is 2. The van der Waals surface area contributed by atoms with Gasteiger partial charge in [0.1, 0.15) is 5.78 Å². The third-order valence-electron chi connectivity index (χ3n) is 2.66. The lowest BCUT2D eigenvalue weighted by molar-refractivity contribution is -0.122. The number of Topliss-reactive ketones (excluding diaryl/α,β-unsaturated/α-hetero) is 1. The van der Waals surface area contributed by atoms with Crippen molar-refractivity contribution < 1.29 is 4.79 Å². The van der Waals surface area contributed by atoms with E-state index >= 15 is 0 Å². The van der Waals surface area contributed by atoms with Crippen molar-refractivity contribution in [3.63, 3.8) is 0 Å². The summed E-state index contributed by atoms with van der Waals surface area (Å²) in [6, 6.07) is 0. The average molecular weight is 163 g/mol. The first kappa shape index (κ1) is 9.31. The highest BCUT2D eigenvalue weighted by molar-refractivity contribution is 6.67. The fraction of sp³-hybridized carbons (Fsp3) is 0.778. The monoisotopic (exact) mass is 163 g/mol. The Morgan fingerprint density at radius 1 is 1.75 bits per heavy atom. The summed E-state index contributed by atoms with van der Waals surface area (Å²) in [6.07, 6.45) is 4.48. The zero-order valence-corrected chi connectivity index (χ0v) is 7.55. The molecular formula is C9H14BNO. The molecule has 0 spiro atoms. The lowest BCUT2D eigenvalue weighted by Gasteiger charge is -2.21. The summed E-state index contributed by atoms with van der Waals surface area (Å²) < 4.78 is 0. The Morgan fingerprint density at radius 3 is 3.08 bits per heavy atom. The predicted octanol–water partition coefficient (Wildman–Crippen LogP) is 1.93. The van der Waals surface area contributed by atoms with E-state index in [1.54, 1.807) is 0 Å². The minimum Gasteiger partial charge on any atom is -0.299 e. The van der Waals surface area contributed by atoms with Crippen LogP contribution in [-0.4, -0.2) is 12.5 Å². The molecule has 0 saturated carbocycles. The van der Waals surface area contributed by atoms with Gasteiger partial charge in [0.05, 0.1) is 0 Å². The van der Waals surface area contributed by atoms with Crippen LogP contribution in [0.5, 0.6) is 0 Å². The van der Waals surface area contributed by atoms with Gasteiger partial charge in [-0.2, -0.15) is 0 Å². The Balaban J connectivity index is 2.47. The lowest BCUT2D eigenvalue weighted by Crippen LogP contribution is -2.26. The molecular weight excluding hydrogens is 149 g/mol. The van der Waals surface area contributed by atoms with Crippen molar-refractivity contribution in [1.29, 1.82) is 5.26 Å². The van der Waals surface area contributed by atoms with Crippen molar-refractivity contribution in [2.45, 2.75) is 38.8 Å². The van der Waals surface area contributed by atoms with E-state index in [4.69, 9.17) is 5.26 Å². The zero-order chi connectivity index (χ0) is 8.97. The van der Waals surface area contributed by atoms with E-state index in [0.29, 0.717) is 12.2 Å². The maximum atomic E-state index is 11.3. The van der Waals surface area contributed by atoms with E-state index in [0.717, 1.165) is 25.5 Å². The molecule has 1 fully saturated rings. The largest absolute Gasteiger partial charge is 0.299 e. The molecule has 3 heteroatoms. The topological polar surface area (TPSA) is 40.9 Å². The van der Waals surface area contributed by atoms with Crippen LogP contribution in [-0.2, 0) is 4.79 Å². The van der Waals surface area contributed by atoms with Crippen molar-refractivity contribution >= 4 is 12.5 Å². The third-order valence-corrected chi connectivity index (χ3v) is 2.66. The lowest BCUT2D eigenvalue weighted by atomic mass is 9.40. The molecule has 64 valence electrons. The fourth-order valence-electron chi connectivity index (χ4n) is 1.89. The maximum absolute atomic E-state index is 11.3. The Morgan fingerprint density at radius 2 is 2.50 bits per heavy atom. The molecule has 0 aromatic rings. The van der Waals surface area contributed by atoms with Crippen molar-refractivity contribution in [1.82, 2.24) is 0 Å². The Bertz CT molecular complexity index is 209. The van der Waals surface area contributed by atoms with Crippen LogP contribution in [0, 0.1) is 17.1 Å². The Labute approximate surface area is 74.0 Å². The molecule has 1 aliphatic rings. The average Bonchev–Trinajstić information content (AvgIpc) is 2.17. The molecule has 1 heterocycles. The Kier molecular flexibility index (Phi) is 3.34. The fourth-order valence-corrected chi connectivity index (χ4v) is 1.89. The first-order valence-electron chi connectivity index (χ1n) is 4.70. The maximum Gasteiger partial charge on any atom is 0.268 e. The molecule has 1 atom stereocenters. The van der Waals surface area contributed by atoms with Gasteiger partial charge in [0.25, 0.3) is 6.71 Å². The van der Waals surface area contributed by atoms with E-state index in [9.17, 15) is 4.79 Å². The summed E-state index contributed by atoms with van der Waals surface area (Å²) in [7, 11) is 0. The smallest absolute Gasteiger partial charge is 0.268 e. The second-order valence-electron chi connectivity index (χ2n) is 3.51. The summed E-state index contributed by atoms with van der Waals surface area (Å²) in [5.41, 5.74) is 0. The van der Waals surface area contributed by atoms with Crippen LogP contribution in [0.4, 0.5) is 0 Å². The quantitative estimate of drug-likeness (QED) is 0.583. The summed E-state index contributed by atoms with van der Waals surface area (Å²) in [6.45, 7) is 2.04. The number of nitriles is 1. The molecule has 0 amide bonds. The Hall–Kier alpha value is -0.775. The van der Waals surface area contributed by atoms with Gasteiger partial charge in [0, 0.05) is 18.3 Å². The second kappa shape index (κ2) is 4.30. The van der Waals surface area contributed by atoms with Crippen molar-refractivity contribution in [3.05, 3.63) is 0 Å². The van der Waals surface area contributed by atoms with E-state index in [2.05, 4.69) is 5.97 Å². The van der Waals surface area contributed by atoms with Crippen LogP contribution in [0.15, 0.2) is 0 Å². The van der Waals surface area contributed by atoms with Gasteiger partial charge in [-0.1, -0.05) is 19.7 Å². The van der Waals surface area contributed by atoms with Crippen LogP contribution in [0.25, 0.3) is 0 Å². The summed E-state index contributed by atoms with van der Waals surface area (Å²) in [5.74, 6) is 2.79. The number of carbonyl (C=O) groups is 1. The van der Waals surface area contributed by atoms with Gasteiger partial charge in [-0.05, 0) is 12.7 Å². The van der Waals surface area contributed by atoms with E-state index in [1.807, 2.05) is 6.92 Å². The van der Waals surface area contributed by atoms with E-state index < -0.39 is 0 Å². The molecule has 1 unspecified atom stereocenters. The standard InChI is InChI=1S/C9H14BNO/c1-2-9(12)8-4-3-5-10(6-8)7-11/h8H,2-6H2,1H3. The number of nitrogens with zero attached hydrogens (tertiary/aromatic N) is 1. The molecule has 1 rings (SSSR count).